The van der Waals surface area contributed by atoms with Gasteiger partial charge in [-0.15, -0.1) is 0 Å². The first-order valence-corrected chi connectivity index (χ1v) is 6.15. The minimum atomic E-state index is 0.0873. The average Bonchev–Trinajstić information content (AvgIpc) is 2.30. The summed E-state index contributed by atoms with van der Waals surface area (Å²) >= 11 is 3.48. The minimum Gasteiger partial charge on any atom is -0.490 e. The third kappa shape index (κ3) is 3.77. The predicted molar refractivity (Wildman–Crippen MR) is 68.7 cm³/mol. The summed E-state index contributed by atoms with van der Waals surface area (Å²) in [5.74, 6) is 0.823. The maximum Gasteiger partial charge on any atom is 0.133 e. The summed E-state index contributed by atoms with van der Waals surface area (Å²) in [4.78, 5) is 0. The van der Waals surface area contributed by atoms with Crippen molar-refractivity contribution < 1.29 is 9.47 Å². The van der Waals surface area contributed by atoms with E-state index in [1.165, 1.54) is 0 Å². The number of halogens is 1. The zero-order chi connectivity index (χ0) is 12.0. The van der Waals surface area contributed by atoms with Crippen LogP contribution in [-0.2, 0) is 4.74 Å². The molecule has 2 N–H and O–H groups in total. The van der Waals surface area contributed by atoms with Gasteiger partial charge in [0.15, 0.2) is 0 Å². The number of nitrogens with two attached hydrogens (primary N) is 1. The van der Waals surface area contributed by atoms with E-state index in [0.29, 0.717) is 13.2 Å². The summed E-state index contributed by atoms with van der Waals surface area (Å²) in [5.41, 5.74) is 7.07. The van der Waals surface area contributed by atoms with Crippen molar-refractivity contribution in [1.29, 1.82) is 0 Å². The molecule has 0 spiro atoms. The molecule has 0 aliphatic carbocycles. The molecule has 0 radical (unpaired) electrons. The van der Waals surface area contributed by atoms with Crippen LogP contribution in [0.3, 0.4) is 0 Å². The Balaban J connectivity index is 2.67. The van der Waals surface area contributed by atoms with Crippen molar-refractivity contribution in [2.75, 3.05) is 20.3 Å². The maximum atomic E-state index is 5.95. The van der Waals surface area contributed by atoms with Crippen LogP contribution in [0, 0.1) is 0 Å². The van der Waals surface area contributed by atoms with E-state index in [9.17, 15) is 0 Å². The molecule has 0 aromatic heterocycles. The van der Waals surface area contributed by atoms with Crippen LogP contribution >= 0.6 is 15.9 Å². The molecular weight excluding hydrogens is 270 g/mol. The molecule has 1 atom stereocenters. The first-order valence-electron chi connectivity index (χ1n) is 5.35. The molecule has 1 unspecified atom stereocenters. The van der Waals surface area contributed by atoms with Gasteiger partial charge in [0.05, 0.1) is 11.1 Å². The van der Waals surface area contributed by atoms with Crippen LogP contribution in [0.5, 0.6) is 5.75 Å². The molecule has 3 nitrogen and oxygen atoms in total. The molecule has 0 fully saturated rings. The fourth-order valence-electron chi connectivity index (χ4n) is 1.34. The normalized spacial score (nSPS) is 12.5. The van der Waals surface area contributed by atoms with Crippen LogP contribution in [0.4, 0.5) is 0 Å². The zero-order valence-corrected chi connectivity index (χ0v) is 11.3. The molecule has 1 aromatic rings. The number of methoxy groups -OCH3 is 1. The molecule has 0 amide bonds. The first-order chi connectivity index (χ1) is 7.69. The summed E-state index contributed by atoms with van der Waals surface area (Å²) in [6.45, 7) is 3.21. The van der Waals surface area contributed by atoms with Crippen molar-refractivity contribution in [2.45, 2.75) is 19.4 Å². The van der Waals surface area contributed by atoms with Gasteiger partial charge in [-0.2, -0.15) is 0 Å². The van der Waals surface area contributed by atoms with Crippen LogP contribution in [0.15, 0.2) is 22.7 Å². The Labute approximate surface area is 105 Å². The number of benzene rings is 1. The lowest BCUT2D eigenvalue weighted by molar-refractivity contribution is 0.146. The van der Waals surface area contributed by atoms with Gasteiger partial charge < -0.3 is 15.2 Å². The van der Waals surface area contributed by atoms with Gasteiger partial charge >= 0.3 is 0 Å². The van der Waals surface area contributed by atoms with Crippen molar-refractivity contribution in [3.8, 4) is 5.75 Å². The lowest BCUT2D eigenvalue weighted by Crippen LogP contribution is -2.09. The van der Waals surface area contributed by atoms with E-state index in [2.05, 4.69) is 22.9 Å². The van der Waals surface area contributed by atoms with E-state index < -0.39 is 0 Å². The third-order valence-corrected chi connectivity index (χ3v) is 2.99. The van der Waals surface area contributed by atoms with E-state index in [0.717, 1.165) is 22.2 Å². The smallest absolute Gasteiger partial charge is 0.133 e. The average molecular weight is 288 g/mol. The van der Waals surface area contributed by atoms with Crippen molar-refractivity contribution in [3.05, 3.63) is 28.2 Å². The van der Waals surface area contributed by atoms with Crippen LogP contribution in [0.25, 0.3) is 0 Å². The Bertz CT molecular complexity index is 331. The van der Waals surface area contributed by atoms with Gasteiger partial charge in [0.1, 0.15) is 12.4 Å². The van der Waals surface area contributed by atoms with Crippen LogP contribution in [-0.4, -0.2) is 20.3 Å². The Morgan fingerprint density at radius 2 is 2.12 bits per heavy atom. The van der Waals surface area contributed by atoms with Gasteiger partial charge in [0.25, 0.3) is 0 Å². The minimum absolute atomic E-state index is 0.0873. The molecule has 0 saturated heterocycles. The van der Waals surface area contributed by atoms with Crippen molar-refractivity contribution >= 4 is 15.9 Å². The molecule has 0 aliphatic heterocycles. The Hall–Kier alpha value is -0.580. The molecule has 16 heavy (non-hydrogen) atoms. The SMILES string of the molecule is CCC(N)c1ccc(OCCOC)c(Br)c1. The molecule has 1 rings (SSSR count). The van der Waals surface area contributed by atoms with Crippen LogP contribution < -0.4 is 10.5 Å². The first kappa shape index (κ1) is 13.5. The lowest BCUT2D eigenvalue weighted by Gasteiger charge is -2.12. The summed E-state index contributed by atoms with van der Waals surface area (Å²) in [7, 11) is 1.65. The van der Waals surface area contributed by atoms with Gasteiger partial charge in [-0.25, -0.2) is 0 Å². The van der Waals surface area contributed by atoms with E-state index in [4.69, 9.17) is 15.2 Å². The molecule has 0 heterocycles. The predicted octanol–water partition coefficient (Wildman–Crippen LogP) is 2.88. The number of hydrogen-bond donors (Lipinski definition) is 1. The second-order valence-corrected chi connectivity index (χ2v) is 4.40. The Morgan fingerprint density at radius 1 is 1.38 bits per heavy atom. The highest BCUT2D eigenvalue weighted by molar-refractivity contribution is 9.10. The maximum absolute atomic E-state index is 5.95. The molecule has 0 aliphatic rings. The molecule has 0 saturated carbocycles. The second-order valence-electron chi connectivity index (χ2n) is 3.55. The van der Waals surface area contributed by atoms with Crippen LogP contribution in [0.1, 0.15) is 24.9 Å². The Kier molecular flexibility index (Phi) is 5.80. The number of hydrogen-bond acceptors (Lipinski definition) is 3. The van der Waals surface area contributed by atoms with Gasteiger partial charge in [0.2, 0.25) is 0 Å². The van der Waals surface area contributed by atoms with Crippen molar-refractivity contribution in [2.24, 2.45) is 5.73 Å². The third-order valence-electron chi connectivity index (χ3n) is 2.37. The highest BCUT2D eigenvalue weighted by Crippen LogP contribution is 2.28. The number of ether oxygens (including phenoxy) is 2. The molecular formula is C12H18BrNO2. The largest absolute Gasteiger partial charge is 0.490 e. The molecule has 0 bridgehead atoms. The quantitative estimate of drug-likeness (QED) is 0.819. The van der Waals surface area contributed by atoms with E-state index >= 15 is 0 Å². The van der Waals surface area contributed by atoms with Crippen LogP contribution in [0.2, 0.25) is 0 Å². The fraction of sp³-hybridized carbons (Fsp3) is 0.500. The topological polar surface area (TPSA) is 44.5 Å². The fourth-order valence-corrected chi connectivity index (χ4v) is 1.85. The van der Waals surface area contributed by atoms with Gasteiger partial charge in [-0.05, 0) is 40.0 Å². The molecule has 1 aromatic carbocycles. The summed E-state index contributed by atoms with van der Waals surface area (Å²) in [6, 6.07) is 6.03. The summed E-state index contributed by atoms with van der Waals surface area (Å²) < 4.78 is 11.4. The highest BCUT2D eigenvalue weighted by atomic mass is 79.9. The lowest BCUT2D eigenvalue weighted by atomic mass is 10.1. The molecule has 90 valence electrons. The number of rotatable bonds is 6. The molecule has 4 heteroatoms. The zero-order valence-electron chi connectivity index (χ0n) is 9.70. The summed E-state index contributed by atoms with van der Waals surface area (Å²) in [5, 5.41) is 0. The van der Waals surface area contributed by atoms with Gasteiger partial charge in [0, 0.05) is 13.2 Å². The van der Waals surface area contributed by atoms with E-state index in [1.54, 1.807) is 7.11 Å². The monoisotopic (exact) mass is 287 g/mol. The van der Waals surface area contributed by atoms with Crippen molar-refractivity contribution in [3.63, 3.8) is 0 Å². The van der Waals surface area contributed by atoms with E-state index in [-0.39, 0.29) is 6.04 Å². The van der Waals surface area contributed by atoms with E-state index in [1.807, 2.05) is 18.2 Å². The Morgan fingerprint density at radius 3 is 2.69 bits per heavy atom. The van der Waals surface area contributed by atoms with Gasteiger partial charge in [-0.1, -0.05) is 13.0 Å². The standard InChI is InChI=1S/C12H18BrNO2/c1-3-11(14)9-4-5-12(10(13)8-9)16-7-6-15-2/h4-5,8,11H,3,6-7,14H2,1-2H3. The van der Waals surface area contributed by atoms with Gasteiger partial charge in [-0.3, -0.25) is 0 Å². The summed E-state index contributed by atoms with van der Waals surface area (Å²) in [6.07, 6.45) is 0.927. The second kappa shape index (κ2) is 6.89. The van der Waals surface area contributed by atoms with Crippen molar-refractivity contribution in [1.82, 2.24) is 0 Å². The highest BCUT2D eigenvalue weighted by Gasteiger charge is 2.07.